The van der Waals surface area contributed by atoms with Gasteiger partial charge in [-0.1, -0.05) is 25.1 Å². The fourth-order valence-corrected chi connectivity index (χ4v) is 4.63. The van der Waals surface area contributed by atoms with Gasteiger partial charge in [-0.05, 0) is 49.9 Å². The average molecular weight is 456 g/mol. The minimum Gasteiger partial charge on any atom is -0.397 e. The molecule has 0 spiro atoms. The van der Waals surface area contributed by atoms with Gasteiger partial charge in [0.25, 0.3) is 0 Å². The number of allylic oxidation sites excluding steroid dienone is 1. The van der Waals surface area contributed by atoms with Crippen molar-refractivity contribution in [2.24, 2.45) is 18.0 Å². The van der Waals surface area contributed by atoms with E-state index in [0.717, 1.165) is 64.4 Å². The first-order chi connectivity index (χ1) is 16.4. The number of nitrogen functional groups attached to an aromatic ring is 1. The summed E-state index contributed by atoms with van der Waals surface area (Å²) in [6.07, 6.45) is 10.7. The summed E-state index contributed by atoms with van der Waals surface area (Å²) >= 11 is 0. The Morgan fingerprint density at radius 3 is 2.85 bits per heavy atom. The Kier molecular flexibility index (Phi) is 5.77. The normalized spacial score (nSPS) is 19.9. The highest BCUT2D eigenvalue weighted by molar-refractivity contribution is 6.04. The Bertz CT molecular complexity index is 1300. The van der Waals surface area contributed by atoms with E-state index in [2.05, 4.69) is 83.9 Å². The van der Waals surface area contributed by atoms with Crippen LogP contribution in [0.1, 0.15) is 32.3 Å². The van der Waals surface area contributed by atoms with E-state index in [1.165, 1.54) is 0 Å². The SMILES string of the molecule is CCN(C)c1cc(NC2=NC(c3ccc4cnn(C)c4c3)=CN3C=CC(C)CCC23)ccc1N. The first-order valence-corrected chi connectivity index (χ1v) is 12.0. The molecule has 0 saturated heterocycles. The molecule has 2 aromatic carbocycles. The van der Waals surface area contributed by atoms with Crippen LogP contribution >= 0.6 is 0 Å². The summed E-state index contributed by atoms with van der Waals surface area (Å²) in [5.41, 5.74) is 12.1. The number of anilines is 3. The van der Waals surface area contributed by atoms with Crippen LogP contribution in [0, 0.1) is 5.92 Å². The number of aryl methyl sites for hydroxylation is 1. The van der Waals surface area contributed by atoms with Gasteiger partial charge in [0.15, 0.2) is 0 Å². The molecule has 0 saturated carbocycles. The summed E-state index contributed by atoms with van der Waals surface area (Å²) < 4.78 is 1.90. The number of rotatable bonds is 4. The summed E-state index contributed by atoms with van der Waals surface area (Å²) in [6.45, 7) is 5.28. The number of benzene rings is 2. The molecule has 0 aliphatic carbocycles. The van der Waals surface area contributed by atoms with Crippen molar-refractivity contribution in [1.29, 1.82) is 0 Å². The van der Waals surface area contributed by atoms with Gasteiger partial charge in [0.2, 0.25) is 0 Å². The topological polar surface area (TPSA) is 74.7 Å². The number of hydrogen-bond acceptors (Lipinski definition) is 6. The molecular weight excluding hydrogens is 422 g/mol. The number of nitrogens with two attached hydrogens (primary N) is 1. The molecule has 2 aliphatic heterocycles. The zero-order valence-corrected chi connectivity index (χ0v) is 20.4. The zero-order chi connectivity index (χ0) is 23.8. The third-order valence-electron chi connectivity index (χ3n) is 6.90. The van der Waals surface area contributed by atoms with E-state index in [4.69, 9.17) is 10.7 Å². The van der Waals surface area contributed by atoms with Crippen molar-refractivity contribution in [3.05, 3.63) is 66.6 Å². The predicted octanol–water partition coefficient (Wildman–Crippen LogP) is 5.05. The summed E-state index contributed by atoms with van der Waals surface area (Å²) in [5.74, 6) is 1.49. The molecule has 176 valence electrons. The number of fused-ring (bicyclic) bond motifs is 2. The highest BCUT2D eigenvalue weighted by Crippen LogP contribution is 2.32. The highest BCUT2D eigenvalue weighted by Gasteiger charge is 2.28. The zero-order valence-electron chi connectivity index (χ0n) is 20.4. The highest BCUT2D eigenvalue weighted by atomic mass is 15.2. The second-order valence-corrected chi connectivity index (χ2v) is 9.33. The van der Waals surface area contributed by atoms with Gasteiger partial charge in [0.1, 0.15) is 5.84 Å². The molecule has 34 heavy (non-hydrogen) atoms. The quantitative estimate of drug-likeness (QED) is 0.539. The predicted molar refractivity (Wildman–Crippen MR) is 143 cm³/mol. The maximum absolute atomic E-state index is 6.25. The van der Waals surface area contributed by atoms with Gasteiger partial charge in [0.05, 0.1) is 34.8 Å². The van der Waals surface area contributed by atoms with Gasteiger partial charge in [-0.2, -0.15) is 5.10 Å². The molecule has 1 aromatic heterocycles. The maximum atomic E-state index is 6.25. The maximum Gasteiger partial charge on any atom is 0.130 e. The van der Waals surface area contributed by atoms with E-state index in [1.54, 1.807) is 0 Å². The molecule has 7 heteroatoms. The second kappa shape index (κ2) is 8.89. The molecular formula is C27H33N7. The second-order valence-electron chi connectivity index (χ2n) is 9.33. The molecule has 0 bridgehead atoms. The van der Waals surface area contributed by atoms with Crippen LogP contribution < -0.4 is 16.0 Å². The third kappa shape index (κ3) is 4.14. The van der Waals surface area contributed by atoms with Crippen molar-refractivity contribution in [3.63, 3.8) is 0 Å². The number of nitrogens with one attached hydrogen (secondary N) is 1. The number of hydrogen-bond donors (Lipinski definition) is 2. The van der Waals surface area contributed by atoms with E-state index in [9.17, 15) is 0 Å². The van der Waals surface area contributed by atoms with Gasteiger partial charge in [-0.3, -0.25) is 4.68 Å². The summed E-state index contributed by atoms with van der Waals surface area (Å²) in [5, 5.41) is 9.16. The molecule has 7 nitrogen and oxygen atoms in total. The molecule has 3 aromatic rings. The van der Waals surface area contributed by atoms with E-state index in [1.807, 2.05) is 30.1 Å². The summed E-state index contributed by atoms with van der Waals surface area (Å²) in [4.78, 5) is 9.61. The number of amidine groups is 1. The van der Waals surface area contributed by atoms with Crippen molar-refractivity contribution >= 4 is 39.5 Å². The van der Waals surface area contributed by atoms with Crippen molar-refractivity contribution in [3.8, 4) is 0 Å². The van der Waals surface area contributed by atoms with Crippen LogP contribution in [0.3, 0.4) is 0 Å². The largest absolute Gasteiger partial charge is 0.397 e. The van der Waals surface area contributed by atoms with Crippen molar-refractivity contribution in [1.82, 2.24) is 14.7 Å². The summed E-state index contributed by atoms with van der Waals surface area (Å²) in [7, 11) is 4.03. The smallest absolute Gasteiger partial charge is 0.130 e. The van der Waals surface area contributed by atoms with E-state index in [-0.39, 0.29) is 6.04 Å². The Balaban J connectivity index is 1.55. The van der Waals surface area contributed by atoms with Crippen LogP contribution in [0.25, 0.3) is 16.6 Å². The molecule has 3 heterocycles. The van der Waals surface area contributed by atoms with Gasteiger partial charge in [-0.25, -0.2) is 4.99 Å². The molecule has 0 fully saturated rings. The fraction of sp³-hybridized carbons (Fsp3) is 0.333. The van der Waals surface area contributed by atoms with Crippen LogP contribution in [0.15, 0.2) is 66.1 Å². The van der Waals surface area contributed by atoms with Gasteiger partial charge in [0, 0.05) is 49.7 Å². The minimum atomic E-state index is 0.162. The van der Waals surface area contributed by atoms with Crippen LogP contribution in [-0.2, 0) is 7.05 Å². The molecule has 2 unspecified atom stereocenters. The molecule has 3 N–H and O–H groups in total. The molecule has 0 radical (unpaired) electrons. The molecule has 2 aliphatic rings. The van der Waals surface area contributed by atoms with Gasteiger partial charge >= 0.3 is 0 Å². The number of nitrogens with zero attached hydrogens (tertiary/aromatic N) is 5. The number of aliphatic imine (C=N–C) groups is 1. The van der Waals surface area contributed by atoms with Gasteiger partial charge in [-0.15, -0.1) is 0 Å². The van der Waals surface area contributed by atoms with Crippen molar-refractivity contribution < 1.29 is 0 Å². The van der Waals surface area contributed by atoms with E-state index < -0.39 is 0 Å². The molecule has 5 rings (SSSR count). The van der Waals surface area contributed by atoms with E-state index in [0.29, 0.717) is 5.92 Å². The fourth-order valence-electron chi connectivity index (χ4n) is 4.63. The van der Waals surface area contributed by atoms with Crippen LogP contribution in [0.5, 0.6) is 0 Å². The first-order valence-electron chi connectivity index (χ1n) is 12.0. The third-order valence-corrected chi connectivity index (χ3v) is 6.90. The number of aromatic nitrogens is 2. The monoisotopic (exact) mass is 455 g/mol. The van der Waals surface area contributed by atoms with Gasteiger partial charge < -0.3 is 20.9 Å². The summed E-state index contributed by atoms with van der Waals surface area (Å²) in [6, 6.07) is 12.7. The van der Waals surface area contributed by atoms with Crippen molar-refractivity contribution in [2.75, 3.05) is 29.5 Å². The van der Waals surface area contributed by atoms with Crippen molar-refractivity contribution in [2.45, 2.75) is 32.7 Å². The average Bonchev–Trinajstić information content (AvgIpc) is 3.10. The van der Waals surface area contributed by atoms with Crippen LogP contribution in [0.2, 0.25) is 0 Å². The van der Waals surface area contributed by atoms with Crippen LogP contribution in [-0.4, -0.2) is 40.2 Å². The Hall–Kier alpha value is -3.74. The molecule has 0 amide bonds. The van der Waals surface area contributed by atoms with Crippen LogP contribution in [0.4, 0.5) is 17.1 Å². The lowest BCUT2D eigenvalue weighted by molar-refractivity contribution is 0.417. The molecule has 2 atom stereocenters. The minimum absolute atomic E-state index is 0.162. The lowest BCUT2D eigenvalue weighted by atomic mass is 10.0. The standard InChI is InChI=1S/C27H33N7/c1-5-32(3)26-15-21(9-10-22(26)28)30-27-24-11-6-18(2)12-13-34(24)17-23(31-27)19-7-8-20-16-29-33(4)25(20)14-19/h7-10,12-18,24H,5-6,11,28H2,1-4H3,(H,30,31). The Morgan fingerprint density at radius 2 is 2.03 bits per heavy atom. The van der Waals surface area contributed by atoms with E-state index >= 15 is 0 Å². The first kappa shape index (κ1) is 22.1. The Labute approximate surface area is 201 Å². The lowest BCUT2D eigenvalue weighted by Gasteiger charge is -2.32. The lowest BCUT2D eigenvalue weighted by Crippen LogP contribution is -2.40. The Morgan fingerprint density at radius 1 is 1.18 bits per heavy atom.